The highest BCUT2D eigenvalue weighted by molar-refractivity contribution is 9.10. The average Bonchev–Trinajstić information content (AvgIpc) is 2.25. The van der Waals surface area contributed by atoms with E-state index in [9.17, 15) is 0 Å². The van der Waals surface area contributed by atoms with E-state index in [0.717, 1.165) is 11.2 Å². The van der Waals surface area contributed by atoms with E-state index >= 15 is 0 Å². The molecule has 78 valence electrons. The molecule has 0 amide bonds. The minimum atomic E-state index is 1.04. The van der Waals surface area contributed by atoms with E-state index in [2.05, 4.69) is 46.1 Å². The van der Waals surface area contributed by atoms with Crippen LogP contribution in [0.4, 0.5) is 5.69 Å². The van der Waals surface area contributed by atoms with Crippen LogP contribution in [0.15, 0.2) is 22.8 Å². The fourth-order valence-corrected chi connectivity index (χ4v) is 2.18. The molecule has 2 rings (SSSR count). The molecule has 0 saturated heterocycles. The normalized spacial score (nSPS) is 10.7. The summed E-state index contributed by atoms with van der Waals surface area (Å²) in [6.45, 7) is 4.20. The summed E-state index contributed by atoms with van der Waals surface area (Å²) in [5.74, 6) is 0. The largest absolute Gasteiger partial charge is 0.388 e. The van der Waals surface area contributed by atoms with Crippen LogP contribution in [0.2, 0.25) is 0 Å². The van der Waals surface area contributed by atoms with Gasteiger partial charge in [0.25, 0.3) is 0 Å². The Labute approximate surface area is 97.8 Å². The molecule has 2 nitrogen and oxygen atoms in total. The van der Waals surface area contributed by atoms with E-state index in [1.165, 1.54) is 21.0 Å². The lowest BCUT2D eigenvalue weighted by Gasteiger charge is -2.11. The highest BCUT2D eigenvalue weighted by Crippen LogP contribution is 2.32. The molecule has 0 aliphatic rings. The zero-order chi connectivity index (χ0) is 11.0. The summed E-state index contributed by atoms with van der Waals surface area (Å²) in [6, 6.07) is 4.10. The van der Waals surface area contributed by atoms with Crippen molar-refractivity contribution in [2.75, 3.05) is 12.4 Å². The third-order valence-corrected chi connectivity index (χ3v) is 3.87. The summed E-state index contributed by atoms with van der Waals surface area (Å²) in [7, 11) is 1.93. The summed E-state index contributed by atoms with van der Waals surface area (Å²) in [5, 5.41) is 4.39. The molecule has 1 aromatic carbocycles. The molecule has 1 aromatic heterocycles. The lowest BCUT2D eigenvalue weighted by atomic mass is 10.0. The van der Waals surface area contributed by atoms with Gasteiger partial charge in [-0.1, -0.05) is 15.9 Å². The Morgan fingerprint density at radius 1 is 1.33 bits per heavy atom. The Bertz CT molecular complexity index is 521. The molecule has 1 N–H and O–H groups in total. The maximum Gasteiger partial charge on any atom is 0.0728 e. The second-order valence-electron chi connectivity index (χ2n) is 3.64. The highest BCUT2D eigenvalue weighted by atomic mass is 79.9. The van der Waals surface area contributed by atoms with Crippen molar-refractivity contribution in [2.24, 2.45) is 0 Å². The molecular weight excluding hydrogens is 252 g/mol. The zero-order valence-electron chi connectivity index (χ0n) is 9.06. The minimum absolute atomic E-state index is 1.04. The van der Waals surface area contributed by atoms with E-state index in [0.29, 0.717) is 0 Å². The Kier molecular flexibility index (Phi) is 2.65. The molecular formula is C12H13BrN2. The van der Waals surface area contributed by atoms with Crippen molar-refractivity contribution in [1.82, 2.24) is 4.98 Å². The lowest BCUT2D eigenvalue weighted by molar-refractivity contribution is 1.32. The van der Waals surface area contributed by atoms with Gasteiger partial charge in [0, 0.05) is 28.8 Å². The van der Waals surface area contributed by atoms with Gasteiger partial charge in [0.2, 0.25) is 0 Å². The number of nitrogens with one attached hydrogen (secondary N) is 1. The fraction of sp³-hybridized carbons (Fsp3) is 0.250. The summed E-state index contributed by atoms with van der Waals surface area (Å²) in [4.78, 5) is 4.39. The Balaban J connectivity index is 2.93. The van der Waals surface area contributed by atoms with Gasteiger partial charge in [-0.15, -0.1) is 0 Å². The standard InChI is InChI=1S/C12H13BrN2/c1-7-6-10-11(8(2)12(7)13)9(14-3)4-5-15-10/h4-6H,1-3H3,(H,14,15). The van der Waals surface area contributed by atoms with Gasteiger partial charge in [0.1, 0.15) is 0 Å². The maximum atomic E-state index is 4.39. The molecule has 0 radical (unpaired) electrons. The van der Waals surface area contributed by atoms with E-state index in [-0.39, 0.29) is 0 Å². The first-order chi connectivity index (χ1) is 7.15. The van der Waals surface area contributed by atoms with Gasteiger partial charge in [-0.2, -0.15) is 0 Å². The molecule has 1 heterocycles. The van der Waals surface area contributed by atoms with Crippen LogP contribution in [0.1, 0.15) is 11.1 Å². The predicted octanol–water partition coefficient (Wildman–Crippen LogP) is 3.66. The first-order valence-electron chi connectivity index (χ1n) is 4.87. The summed E-state index contributed by atoms with van der Waals surface area (Å²) >= 11 is 3.61. The first kappa shape index (κ1) is 10.4. The lowest BCUT2D eigenvalue weighted by Crippen LogP contribution is -1.94. The van der Waals surface area contributed by atoms with Crippen molar-refractivity contribution in [3.05, 3.63) is 33.9 Å². The third-order valence-electron chi connectivity index (χ3n) is 2.65. The number of pyridine rings is 1. The van der Waals surface area contributed by atoms with Crippen LogP contribution in [0.5, 0.6) is 0 Å². The quantitative estimate of drug-likeness (QED) is 0.851. The van der Waals surface area contributed by atoms with Gasteiger partial charge >= 0.3 is 0 Å². The smallest absolute Gasteiger partial charge is 0.0728 e. The van der Waals surface area contributed by atoms with Crippen molar-refractivity contribution in [2.45, 2.75) is 13.8 Å². The number of hydrogen-bond acceptors (Lipinski definition) is 2. The van der Waals surface area contributed by atoms with Crippen LogP contribution < -0.4 is 5.32 Å². The van der Waals surface area contributed by atoms with Gasteiger partial charge in [-0.05, 0) is 37.1 Å². The van der Waals surface area contributed by atoms with Crippen LogP contribution in [0.3, 0.4) is 0 Å². The van der Waals surface area contributed by atoms with Crippen molar-refractivity contribution >= 4 is 32.5 Å². The van der Waals surface area contributed by atoms with Crippen LogP contribution in [-0.2, 0) is 0 Å². The molecule has 2 aromatic rings. The van der Waals surface area contributed by atoms with Crippen molar-refractivity contribution in [3.63, 3.8) is 0 Å². The molecule has 3 heteroatoms. The number of nitrogens with zero attached hydrogens (tertiary/aromatic N) is 1. The number of hydrogen-bond donors (Lipinski definition) is 1. The Hall–Kier alpha value is -1.09. The molecule has 0 unspecified atom stereocenters. The van der Waals surface area contributed by atoms with Crippen LogP contribution in [-0.4, -0.2) is 12.0 Å². The number of fused-ring (bicyclic) bond motifs is 1. The summed E-state index contributed by atoms with van der Waals surface area (Å²) in [5.41, 5.74) is 4.63. The molecule has 0 fully saturated rings. The Morgan fingerprint density at radius 2 is 2.07 bits per heavy atom. The van der Waals surface area contributed by atoms with Crippen LogP contribution in [0.25, 0.3) is 10.9 Å². The van der Waals surface area contributed by atoms with Gasteiger partial charge in [-0.25, -0.2) is 0 Å². The Morgan fingerprint density at radius 3 is 2.73 bits per heavy atom. The van der Waals surface area contributed by atoms with Gasteiger partial charge in [-0.3, -0.25) is 4.98 Å². The fourth-order valence-electron chi connectivity index (χ4n) is 1.86. The number of benzene rings is 1. The predicted molar refractivity (Wildman–Crippen MR) is 68.5 cm³/mol. The van der Waals surface area contributed by atoms with Crippen LogP contribution >= 0.6 is 15.9 Å². The molecule has 0 bridgehead atoms. The monoisotopic (exact) mass is 264 g/mol. The zero-order valence-corrected chi connectivity index (χ0v) is 10.6. The summed E-state index contributed by atoms with van der Waals surface area (Å²) in [6.07, 6.45) is 1.83. The number of aromatic nitrogens is 1. The van der Waals surface area contributed by atoms with Crippen molar-refractivity contribution < 1.29 is 0 Å². The highest BCUT2D eigenvalue weighted by Gasteiger charge is 2.08. The molecule has 0 aliphatic carbocycles. The number of rotatable bonds is 1. The minimum Gasteiger partial charge on any atom is -0.388 e. The molecule has 0 atom stereocenters. The van der Waals surface area contributed by atoms with Crippen LogP contribution in [0, 0.1) is 13.8 Å². The van der Waals surface area contributed by atoms with Crippen molar-refractivity contribution in [1.29, 1.82) is 0 Å². The SMILES string of the molecule is CNc1ccnc2cc(C)c(Br)c(C)c12. The average molecular weight is 265 g/mol. The number of aryl methyl sites for hydroxylation is 2. The third kappa shape index (κ3) is 1.61. The van der Waals surface area contributed by atoms with Gasteiger partial charge in [0.15, 0.2) is 0 Å². The molecule has 15 heavy (non-hydrogen) atoms. The first-order valence-corrected chi connectivity index (χ1v) is 5.66. The van der Waals surface area contributed by atoms with E-state index in [1.54, 1.807) is 0 Å². The van der Waals surface area contributed by atoms with Crippen molar-refractivity contribution in [3.8, 4) is 0 Å². The number of halogens is 1. The second kappa shape index (κ2) is 3.81. The molecule has 0 saturated carbocycles. The van der Waals surface area contributed by atoms with Gasteiger partial charge in [0.05, 0.1) is 5.52 Å². The number of anilines is 1. The maximum absolute atomic E-state index is 4.39. The van der Waals surface area contributed by atoms with E-state index < -0.39 is 0 Å². The molecule has 0 aliphatic heterocycles. The van der Waals surface area contributed by atoms with Gasteiger partial charge < -0.3 is 5.32 Å². The molecule has 0 spiro atoms. The second-order valence-corrected chi connectivity index (χ2v) is 4.43. The van der Waals surface area contributed by atoms with E-state index in [1.807, 2.05) is 19.3 Å². The van der Waals surface area contributed by atoms with E-state index in [4.69, 9.17) is 0 Å². The summed E-state index contributed by atoms with van der Waals surface area (Å²) < 4.78 is 1.17. The topological polar surface area (TPSA) is 24.9 Å².